The Morgan fingerprint density at radius 1 is 1.30 bits per heavy atom. The SMILES string of the molecule is CCNCc1sc(N(C)Cc2ccc(Br)cc2)nc1C. The van der Waals surface area contributed by atoms with E-state index in [-0.39, 0.29) is 0 Å². The van der Waals surface area contributed by atoms with Crippen molar-refractivity contribution in [1.82, 2.24) is 10.3 Å². The number of aromatic nitrogens is 1. The van der Waals surface area contributed by atoms with Gasteiger partial charge in [-0.05, 0) is 31.2 Å². The molecule has 2 aromatic rings. The maximum Gasteiger partial charge on any atom is 0.185 e. The molecule has 3 nitrogen and oxygen atoms in total. The Kier molecular flexibility index (Phi) is 5.57. The van der Waals surface area contributed by atoms with Crippen molar-refractivity contribution in [3.63, 3.8) is 0 Å². The van der Waals surface area contributed by atoms with Crippen molar-refractivity contribution in [2.45, 2.75) is 26.9 Å². The summed E-state index contributed by atoms with van der Waals surface area (Å²) in [4.78, 5) is 8.20. The molecule has 0 aliphatic carbocycles. The Morgan fingerprint density at radius 3 is 2.65 bits per heavy atom. The lowest BCUT2D eigenvalue weighted by Gasteiger charge is -2.15. The number of thiazole rings is 1. The molecule has 0 fully saturated rings. The number of hydrogen-bond acceptors (Lipinski definition) is 4. The standard InChI is InChI=1S/C15H20BrN3S/c1-4-17-9-14-11(2)18-15(20-14)19(3)10-12-5-7-13(16)8-6-12/h5-8,17H,4,9-10H2,1-3H3. The highest BCUT2D eigenvalue weighted by molar-refractivity contribution is 9.10. The number of halogens is 1. The zero-order valence-corrected chi connectivity index (χ0v) is 14.5. The minimum atomic E-state index is 0.876. The zero-order valence-electron chi connectivity index (χ0n) is 12.1. The minimum Gasteiger partial charge on any atom is -0.347 e. The first-order chi connectivity index (χ1) is 9.60. The molecule has 0 saturated heterocycles. The summed E-state index contributed by atoms with van der Waals surface area (Å²) < 4.78 is 1.11. The third kappa shape index (κ3) is 4.04. The average Bonchev–Trinajstić information content (AvgIpc) is 2.80. The van der Waals surface area contributed by atoms with Crippen molar-refractivity contribution in [1.29, 1.82) is 0 Å². The van der Waals surface area contributed by atoms with Crippen molar-refractivity contribution in [2.75, 3.05) is 18.5 Å². The number of benzene rings is 1. The molecule has 5 heteroatoms. The molecular formula is C15H20BrN3S. The molecule has 1 aromatic carbocycles. The fraction of sp³-hybridized carbons (Fsp3) is 0.400. The number of hydrogen-bond donors (Lipinski definition) is 1. The van der Waals surface area contributed by atoms with Crippen LogP contribution in [0.5, 0.6) is 0 Å². The van der Waals surface area contributed by atoms with Gasteiger partial charge in [-0.25, -0.2) is 4.98 Å². The van der Waals surface area contributed by atoms with Crippen molar-refractivity contribution in [3.8, 4) is 0 Å². The lowest BCUT2D eigenvalue weighted by Crippen LogP contribution is -2.15. The summed E-state index contributed by atoms with van der Waals surface area (Å²) in [6, 6.07) is 8.43. The van der Waals surface area contributed by atoms with Crippen molar-refractivity contribution < 1.29 is 0 Å². The van der Waals surface area contributed by atoms with E-state index in [9.17, 15) is 0 Å². The van der Waals surface area contributed by atoms with Crippen LogP contribution in [0, 0.1) is 6.92 Å². The predicted octanol–water partition coefficient (Wildman–Crippen LogP) is 3.96. The van der Waals surface area contributed by atoms with Crippen molar-refractivity contribution in [3.05, 3.63) is 44.9 Å². The van der Waals surface area contributed by atoms with E-state index in [1.807, 2.05) is 0 Å². The molecule has 0 atom stereocenters. The van der Waals surface area contributed by atoms with E-state index >= 15 is 0 Å². The molecule has 1 heterocycles. The largest absolute Gasteiger partial charge is 0.347 e. The lowest BCUT2D eigenvalue weighted by molar-refractivity contribution is 0.731. The molecule has 1 aromatic heterocycles. The number of nitrogens with one attached hydrogen (secondary N) is 1. The highest BCUT2D eigenvalue weighted by atomic mass is 79.9. The Labute approximate surface area is 133 Å². The zero-order chi connectivity index (χ0) is 14.5. The molecule has 20 heavy (non-hydrogen) atoms. The average molecular weight is 354 g/mol. The fourth-order valence-electron chi connectivity index (χ4n) is 1.91. The van der Waals surface area contributed by atoms with Crippen LogP contribution >= 0.6 is 27.3 Å². The van der Waals surface area contributed by atoms with E-state index in [0.29, 0.717) is 0 Å². The second kappa shape index (κ2) is 7.20. The normalized spacial score (nSPS) is 10.8. The molecule has 108 valence electrons. The van der Waals surface area contributed by atoms with Gasteiger partial charge in [-0.3, -0.25) is 0 Å². The molecule has 0 aliphatic heterocycles. The van der Waals surface area contributed by atoms with Crippen LogP contribution in [-0.2, 0) is 13.1 Å². The monoisotopic (exact) mass is 353 g/mol. The maximum atomic E-state index is 4.67. The second-order valence-electron chi connectivity index (χ2n) is 4.77. The third-order valence-corrected chi connectivity index (χ3v) is 4.88. The smallest absolute Gasteiger partial charge is 0.185 e. The molecule has 0 amide bonds. The maximum absolute atomic E-state index is 4.67. The van der Waals surface area contributed by atoms with Crippen LogP contribution < -0.4 is 10.2 Å². The first-order valence-corrected chi connectivity index (χ1v) is 8.33. The van der Waals surface area contributed by atoms with Crippen molar-refractivity contribution in [2.24, 2.45) is 0 Å². The van der Waals surface area contributed by atoms with Gasteiger partial charge in [-0.2, -0.15) is 0 Å². The Hall–Kier alpha value is -0.910. The Balaban J connectivity index is 2.05. The third-order valence-electron chi connectivity index (χ3n) is 3.08. The molecule has 0 bridgehead atoms. The van der Waals surface area contributed by atoms with E-state index in [1.165, 1.54) is 10.4 Å². The van der Waals surface area contributed by atoms with Crippen LogP contribution in [0.4, 0.5) is 5.13 Å². The molecule has 0 radical (unpaired) electrons. The number of anilines is 1. The molecule has 0 unspecified atom stereocenters. The topological polar surface area (TPSA) is 28.2 Å². The first kappa shape index (κ1) is 15.5. The summed E-state index contributed by atoms with van der Waals surface area (Å²) >= 11 is 5.24. The fourth-order valence-corrected chi connectivity index (χ4v) is 3.17. The quantitative estimate of drug-likeness (QED) is 0.851. The highest BCUT2D eigenvalue weighted by Crippen LogP contribution is 2.26. The Bertz CT molecular complexity index is 551. The minimum absolute atomic E-state index is 0.876. The summed E-state index contributed by atoms with van der Waals surface area (Å²) in [5.41, 5.74) is 2.42. The summed E-state index contributed by atoms with van der Waals surface area (Å²) in [6.07, 6.45) is 0. The van der Waals surface area contributed by atoms with E-state index < -0.39 is 0 Å². The van der Waals surface area contributed by atoms with Gasteiger partial charge in [0.25, 0.3) is 0 Å². The van der Waals surface area contributed by atoms with Crippen LogP contribution in [-0.4, -0.2) is 18.6 Å². The van der Waals surface area contributed by atoms with Gasteiger partial charge in [0.15, 0.2) is 5.13 Å². The summed E-state index contributed by atoms with van der Waals surface area (Å²) in [5, 5.41) is 4.44. The summed E-state index contributed by atoms with van der Waals surface area (Å²) in [6.45, 7) is 6.98. The van der Waals surface area contributed by atoms with Gasteiger partial charge in [0.2, 0.25) is 0 Å². The molecule has 0 aliphatic rings. The van der Waals surface area contributed by atoms with Crippen molar-refractivity contribution >= 4 is 32.4 Å². The Morgan fingerprint density at radius 2 is 2.00 bits per heavy atom. The number of nitrogens with zero attached hydrogens (tertiary/aromatic N) is 2. The van der Waals surface area contributed by atoms with Gasteiger partial charge in [0.05, 0.1) is 5.69 Å². The van der Waals surface area contributed by atoms with Crippen LogP contribution in [0.2, 0.25) is 0 Å². The van der Waals surface area contributed by atoms with E-state index in [2.05, 4.69) is 76.3 Å². The van der Waals surface area contributed by atoms with Gasteiger partial charge >= 0.3 is 0 Å². The van der Waals surface area contributed by atoms with Crippen LogP contribution in [0.1, 0.15) is 23.1 Å². The number of rotatable bonds is 6. The van der Waals surface area contributed by atoms with Crippen LogP contribution in [0.3, 0.4) is 0 Å². The summed E-state index contributed by atoms with van der Waals surface area (Å²) in [5.74, 6) is 0. The van der Waals surface area contributed by atoms with Gasteiger partial charge in [0.1, 0.15) is 0 Å². The van der Waals surface area contributed by atoms with Crippen LogP contribution in [0.15, 0.2) is 28.7 Å². The molecule has 0 spiro atoms. The molecule has 1 N–H and O–H groups in total. The highest BCUT2D eigenvalue weighted by Gasteiger charge is 2.11. The number of aryl methyl sites for hydroxylation is 1. The van der Waals surface area contributed by atoms with E-state index in [1.54, 1.807) is 11.3 Å². The summed E-state index contributed by atoms with van der Waals surface area (Å²) in [7, 11) is 2.09. The van der Waals surface area contributed by atoms with Gasteiger partial charge in [0, 0.05) is 29.5 Å². The molecule has 0 saturated carbocycles. The molecule has 2 rings (SSSR count). The van der Waals surface area contributed by atoms with E-state index in [4.69, 9.17) is 0 Å². The predicted molar refractivity (Wildman–Crippen MR) is 90.5 cm³/mol. The lowest BCUT2D eigenvalue weighted by atomic mass is 10.2. The van der Waals surface area contributed by atoms with Crippen LogP contribution in [0.25, 0.3) is 0 Å². The molecular weight excluding hydrogens is 334 g/mol. The van der Waals surface area contributed by atoms with Gasteiger partial charge in [-0.15, -0.1) is 11.3 Å². The van der Waals surface area contributed by atoms with E-state index in [0.717, 1.165) is 34.9 Å². The first-order valence-electron chi connectivity index (χ1n) is 6.72. The van der Waals surface area contributed by atoms with Gasteiger partial charge < -0.3 is 10.2 Å². The van der Waals surface area contributed by atoms with Gasteiger partial charge in [-0.1, -0.05) is 35.0 Å². The second-order valence-corrected chi connectivity index (χ2v) is 6.75.